The van der Waals surface area contributed by atoms with E-state index in [1.165, 1.54) is 0 Å². The summed E-state index contributed by atoms with van der Waals surface area (Å²) < 4.78 is 0. The minimum atomic E-state index is -0.129. The number of alkyl halides is 1. The normalized spacial score (nSPS) is 12.5. The molecule has 0 spiro atoms. The Bertz CT molecular complexity index is 360. The predicted molar refractivity (Wildman–Crippen MR) is 64.1 cm³/mol. The fraction of sp³-hybridized carbons (Fsp3) is 0.364. The van der Waals surface area contributed by atoms with Crippen molar-refractivity contribution in [1.29, 1.82) is 0 Å². The van der Waals surface area contributed by atoms with Gasteiger partial charge in [0, 0.05) is 11.6 Å². The highest BCUT2D eigenvalue weighted by Gasteiger charge is 2.12. The maximum Gasteiger partial charge on any atom is 0.270 e. The van der Waals surface area contributed by atoms with Gasteiger partial charge in [0.25, 0.3) is 6.67 Å². The fourth-order valence-electron chi connectivity index (χ4n) is 1.26. The molecule has 0 aromatic heterocycles. The van der Waals surface area contributed by atoms with E-state index in [2.05, 4.69) is 4.85 Å². The van der Waals surface area contributed by atoms with E-state index in [9.17, 15) is 0 Å². The molecule has 0 aliphatic carbocycles. The second-order valence-electron chi connectivity index (χ2n) is 3.36. The van der Waals surface area contributed by atoms with E-state index in [1.807, 2.05) is 36.2 Å². The number of halogens is 2. The van der Waals surface area contributed by atoms with Crippen LogP contribution in [0.2, 0.25) is 5.02 Å². The van der Waals surface area contributed by atoms with Gasteiger partial charge in [-0.05, 0) is 24.7 Å². The number of nitrogens with zero attached hydrogens (tertiary/aromatic N) is 2. The topological polar surface area (TPSA) is 7.60 Å². The summed E-state index contributed by atoms with van der Waals surface area (Å²) in [5.41, 5.74) is 0.987. The molecule has 1 atom stereocenters. The molecular weight excluding hydrogens is 231 g/mol. The van der Waals surface area contributed by atoms with E-state index in [1.54, 1.807) is 0 Å². The minimum Gasteiger partial charge on any atom is -0.299 e. The molecule has 0 bridgehead atoms. The van der Waals surface area contributed by atoms with E-state index in [4.69, 9.17) is 29.8 Å². The molecule has 1 unspecified atom stereocenters. The van der Waals surface area contributed by atoms with Crippen molar-refractivity contribution in [3.8, 4) is 0 Å². The summed E-state index contributed by atoms with van der Waals surface area (Å²) in [4.78, 5) is 5.17. The summed E-state index contributed by atoms with van der Waals surface area (Å²) in [5.74, 6) is 0. The molecular formula is C11H12Cl2N2. The molecule has 1 aromatic carbocycles. The van der Waals surface area contributed by atoms with Crippen LogP contribution >= 0.6 is 23.2 Å². The quantitative estimate of drug-likeness (QED) is 0.580. The summed E-state index contributed by atoms with van der Waals surface area (Å²) in [6, 6.07) is 7.49. The van der Waals surface area contributed by atoms with Crippen molar-refractivity contribution in [3.05, 3.63) is 46.3 Å². The molecule has 4 heteroatoms. The molecule has 2 nitrogen and oxygen atoms in total. The Balaban J connectivity index is 2.61. The van der Waals surface area contributed by atoms with Gasteiger partial charge in [0.05, 0.1) is 5.38 Å². The molecule has 0 radical (unpaired) electrons. The maximum atomic E-state index is 6.74. The molecule has 0 heterocycles. The van der Waals surface area contributed by atoms with Crippen LogP contribution in [0.15, 0.2) is 24.3 Å². The lowest BCUT2D eigenvalue weighted by Crippen LogP contribution is -2.22. The summed E-state index contributed by atoms with van der Waals surface area (Å²) >= 11 is 12.1. The molecule has 0 aliphatic rings. The highest BCUT2D eigenvalue weighted by atomic mass is 35.5. The zero-order valence-electron chi connectivity index (χ0n) is 8.45. The van der Waals surface area contributed by atoms with Gasteiger partial charge in [-0.1, -0.05) is 23.7 Å². The standard InChI is InChI=1S/C11H12Cl2N2/c1-14-8-15(2)7-11(13)9-4-3-5-10(12)6-9/h3-6,11H,7-8H2,2H3. The van der Waals surface area contributed by atoms with Gasteiger partial charge in [-0.2, -0.15) is 0 Å². The van der Waals surface area contributed by atoms with Gasteiger partial charge in [0.1, 0.15) is 0 Å². The molecule has 80 valence electrons. The average molecular weight is 243 g/mol. The predicted octanol–water partition coefficient (Wildman–Crippen LogP) is 3.43. The Morgan fingerprint density at radius 2 is 2.27 bits per heavy atom. The first kappa shape index (κ1) is 12.3. The smallest absolute Gasteiger partial charge is 0.270 e. The molecule has 0 N–H and O–H groups in total. The monoisotopic (exact) mass is 242 g/mol. The Morgan fingerprint density at radius 1 is 1.53 bits per heavy atom. The van der Waals surface area contributed by atoms with Gasteiger partial charge in [-0.3, -0.25) is 4.85 Å². The number of rotatable bonds is 4. The van der Waals surface area contributed by atoms with Gasteiger partial charge in [0.15, 0.2) is 0 Å². The Labute approximate surface area is 100 Å². The lowest BCUT2D eigenvalue weighted by atomic mass is 10.1. The highest BCUT2D eigenvalue weighted by Crippen LogP contribution is 2.23. The SMILES string of the molecule is [C-]#[N+]CN(C)CC(Cl)c1cccc(Cl)c1. The minimum absolute atomic E-state index is 0.129. The summed E-state index contributed by atoms with van der Waals surface area (Å²) in [6.07, 6.45) is 0. The second-order valence-corrected chi connectivity index (χ2v) is 4.32. The third kappa shape index (κ3) is 4.09. The summed E-state index contributed by atoms with van der Waals surface area (Å²) in [5, 5.41) is 0.557. The van der Waals surface area contributed by atoms with Crippen LogP contribution in [0.5, 0.6) is 0 Å². The molecule has 0 amide bonds. The van der Waals surface area contributed by atoms with Crippen molar-refractivity contribution >= 4 is 23.2 Å². The molecule has 0 aliphatic heterocycles. The van der Waals surface area contributed by atoms with E-state index in [0.29, 0.717) is 18.2 Å². The maximum absolute atomic E-state index is 6.74. The first-order valence-corrected chi connectivity index (χ1v) is 5.36. The van der Waals surface area contributed by atoms with Crippen molar-refractivity contribution in [2.75, 3.05) is 20.3 Å². The lowest BCUT2D eigenvalue weighted by molar-refractivity contribution is 0.369. The zero-order valence-corrected chi connectivity index (χ0v) is 9.96. The van der Waals surface area contributed by atoms with Crippen LogP contribution in [0, 0.1) is 6.57 Å². The van der Waals surface area contributed by atoms with Gasteiger partial charge in [-0.15, -0.1) is 11.6 Å². The van der Waals surface area contributed by atoms with Crippen LogP contribution in [-0.2, 0) is 0 Å². The van der Waals surface area contributed by atoms with E-state index in [-0.39, 0.29) is 5.38 Å². The van der Waals surface area contributed by atoms with Crippen LogP contribution in [0.3, 0.4) is 0 Å². The number of hydrogen-bond donors (Lipinski definition) is 0. The number of likely N-dealkylation sites (N-methyl/N-ethyl adjacent to an activating group) is 1. The Kier molecular flexibility index (Phi) is 4.90. The molecule has 0 saturated heterocycles. The van der Waals surface area contributed by atoms with Crippen molar-refractivity contribution in [2.24, 2.45) is 0 Å². The molecule has 0 saturated carbocycles. The molecule has 1 aromatic rings. The van der Waals surface area contributed by atoms with Gasteiger partial charge in [-0.25, -0.2) is 11.5 Å². The van der Waals surface area contributed by atoms with Crippen LogP contribution in [0.1, 0.15) is 10.9 Å². The van der Waals surface area contributed by atoms with Crippen molar-refractivity contribution < 1.29 is 0 Å². The first-order valence-electron chi connectivity index (χ1n) is 4.54. The number of benzene rings is 1. The average Bonchev–Trinajstić information content (AvgIpc) is 2.18. The largest absolute Gasteiger partial charge is 0.299 e. The van der Waals surface area contributed by atoms with E-state index < -0.39 is 0 Å². The molecule has 1 rings (SSSR count). The summed E-state index contributed by atoms with van der Waals surface area (Å²) in [7, 11) is 1.87. The van der Waals surface area contributed by atoms with Crippen molar-refractivity contribution in [1.82, 2.24) is 4.90 Å². The first-order chi connectivity index (χ1) is 7.13. The van der Waals surface area contributed by atoms with Crippen LogP contribution < -0.4 is 0 Å². The van der Waals surface area contributed by atoms with Crippen LogP contribution in [0.25, 0.3) is 4.85 Å². The Morgan fingerprint density at radius 3 is 2.87 bits per heavy atom. The van der Waals surface area contributed by atoms with Crippen LogP contribution in [-0.4, -0.2) is 25.2 Å². The van der Waals surface area contributed by atoms with Gasteiger partial charge >= 0.3 is 0 Å². The van der Waals surface area contributed by atoms with Gasteiger partial charge in [0.2, 0.25) is 0 Å². The lowest BCUT2D eigenvalue weighted by Gasteiger charge is -2.15. The third-order valence-electron chi connectivity index (χ3n) is 1.99. The number of hydrogen-bond acceptors (Lipinski definition) is 1. The third-order valence-corrected chi connectivity index (χ3v) is 2.62. The van der Waals surface area contributed by atoms with Gasteiger partial charge < -0.3 is 0 Å². The zero-order chi connectivity index (χ0) is 11.3. The van der Waals surface area contributed by atoms with E-state index >= 15 is 0 Å². The summed E-state index contributed by atoms with van der Waals surface area (Å²) in [6.45, 7) is 7.74. The second kappa shape index (κ2) is 5.97. The van der Waals surface area contributed by atoms with Crippen molar-refractivity contribution in [2.45, 2.75) is 5.38 Å². The molecule has 0 fully saturated rings. The van der Waals surface area contributed by atoms with E-state index in [0.717, 1.165) is 5.56 Å². The molecule has 15 heavy (non-hydrogen) atoms. The fourth-order valence-corrected chi connectivity index (χ4v) is 1.83. The van der Waals surface area contributed by atoms with Crippen molar-refractivity contribution in [3.63, 3.8) is 0 Å². The highest BCUT2D eigenvalue weighted by molar-refractivity contribution is 6.30. The Hall–Kier alpha value is -0.750. The van der Waals surface area contributed by atoms with Crippen LogP contribution in [0.4, 0.5) is 0 Å².